The van der Waals surface area contributed by atoms with E-state index < -0.39 is 23.8 Å². The van der Waals surface area contributed by atoms with Crippen LogP contribution in [0.15, 0.2) is 42.6 Å². The Kier molecular flexibility index (Phi) is 6.38. The van der Waals surface area contributed by atoms with Crippen LogP contribution in [-0.4, -0.2) is 33.0 Å². The minimum atomic E-state index is -4.55. The van der Waals surface area contributed by atoms with Gasteiger partial charge in [0.1, 0.15) is 6.04 Å². The van der Waals surface area contributed by atoms with E-state index in [-0.39, 0.29) is 18.4 Å². The first kappa shape index (κ1) is 24.1. The number of rotatable bonds is 7. The van der Waals surface area contributed by atoms with Crippen molar-refractivity contribution in [2.24, 2.45) is 5.92 Å². The molecule has 9 heteroatoms. The fourth-order valence-corrected chi connectivity index (χ4v) is 4.49. The lowest BCUT2D eigenvalue weighted by Crippen LogP contribution is -2.31. The second-order valence-electron chi connectivity index (χ2n) is 8.59. The summed E-state index contributed by atoms with van der Waals surface area (Å²) in [4.78, 5) is 26.0. The molecule has 1 aliphatic rings. The van der Waals surface area contributed by atoms with E-state index in [2.05, 4.69) is 0 Å². The molecule has 5 nitrogen and oxygen atoms in total. The minimum absolute atomic E-state index is 0.0106. The maximum absolute atomic E-state index is 13.6. The molecule has 2 aromatic carbocycles. The van der Waals surface area contributed by atoms with Gasteiger partial charge in [0.15, 0.2) is 0 Å². The highest BCUT2D eigenvalue weighted by molar-refractivity contribution is 6.36. The largest absolute Gasteiger partial charge is 0.480 e. The second kappa shape index (κ2) is 8.98. The normalized spacial score (nSPS) is 14.9. The van der Waals surface area contributed by atoms with Crippen molar-refractivity contribution in [3.05, 3.63) is 58.7 Å². The van der Waals surface area contributed by atoms with Gasteiger partial charge in [-0.05, 0) is 62.1 Å². The number of carbonyl (C=O) groups is 2. The van der Waals surface area contributed by atoms with Gasteiger partial charge in [-0.15, -0.1) is 0 Å². The Bertz CT molecular complexity index is 1260. The molecule has 0 spiro atoms. The number of carboxylic acids is 1. The third-order valence-corrected chi connectivity index (χ3v) is 6.60. The molecule has 1 aliphatic carbocycles. The topological polar surface area (TPSA) is 62.5 Å². The van der Waals surface area contributed by atoms with Gasteiger partial charge in [0.2, 0.25) is 5.91 Å². The molecule has 0 saturated heterocycles. The summed E-state index contributed by atoms with van der Waals surface area (Å²) in [7, 11) is 0. The predicted molar refractivity (Wildman–Crippen MR) is 124 cm³/mol. The van der Waals surface area contributed by atoms with Crippen LogP contribution in [0.3, 0.4) is 0 Å². The van der Waals surface area contributed by atoms with Crippen molar-refractivity contribution >= 4 is 34.4 Å². The highest BCUT2D eigenvalue weighted by Gasteiger charge is 2.35. The standard InChI is InChI=1S/C25H24ClF3N2O3/c1-3-30(23(32)15-7-8-15)12-16-11-17(25(27,28)29)9-10-18(16)19-13-31(14(2)24(33)34)21-6-4-5-20(26)22(19)21/h4-6,9-11,13-15H,3,7-8,12H2,1-2H3,(H,33,34). The first-order valence-electron chi connectivity index (χ1n) is 11.0. The molecular formula is C25H24ClF3N2O3. The molecule has 34 heavy (non-hydrogen) atoms. The van der Waals surface area contributed by atoms with Crippen molar-refractivity contribution in [3.8, 4) is 11.1 Å². The minimum Gasteiger partial charge on any atom is -0.480 e. The van der Waals surface area contributed by atoms with Crippen molar-refractivity contribution in [1.82, 2.24) is 9.47 Å². The van der Waals surface area contributed by atoms with Gasteiger partial charge in [-0.2, -0.15) is 13.2 Å². The van der Waals surface area contributed by atoms with Crippen molar-refractivity contribution < 1.29 is 27.9 Å². The van der Waals surface area contributed by atoms with E-state index in [9.17, 15) is 27.9 Å². The summed E-state index contributed by atoms with van der Waals surface area (Å²) in [6.07, 6.45) is -1.35. The first-order valence-corrected chi connectivity index (χ1v) is 11.4. The molecule has 1 heterocycles. The molecule has 1 saturated carbocycles. The van der Waals surface area contributed by atoms with Gasteiger partial charge in [0.05, 0.1) is 16.1 Å². The van der Waals surface area contributed by atoms with Gasteiger partial charge >= 0.3 is 12.1 Å². The van der Waals surface area contributed by atoms with Crippen LogP contribution in [0.5, 0.6) is 0 Å². The Morgan fingerprint density at radius 2 is 1.91 bits per heavy atom. The predicted octanol–water partition coefficient (Wildman–Crippen LogP) is 6.38. The quantitative estimate of drug-likeness (QED) is 0.416. The summed E-state index contributed by atoms with van der Waals surface area (Å²) in [6.45, 7) is 3.69. The van der Waals surface area contributed by atoms with Crippen molar-refractivity contribution in [3.63, 3.8) is 0 Å². The number of alkyl halides is 3. The zero-order chi connectivity index (χ0) is 24.8. The molecule has 1 aromatic heterocycles. The number of hydrogen-bond acceptors (Lipinski definition) is 2. The number of amides is 1. The van der Waals surface area contributed by atoms with Gasteiger partial charge in [-0.1, -0.05) is 23.7 Å². The van der Waals surface area contributed by atoms with Crippen molar-refractivity contribution in [2.75, 3.05) is 6.54 Å². The number of carboxylic acid groups (broad SMARTS) is 1. The van der Waals surface area contributed by atoms with Crippen LogP contribution in [-0.2, 0) is 22.3 Å². The third-order valence-electron chi connectivity index (χ3n) is 6.29. The lowest BCUT2D eigenvalue weighted by atomic mass is 9.96. The number of halogens is 4. The van der Waals surface area contributed by atoms with E-state index in [1.165, 1.54) is 13.0 Å². The maximum atomic E-state index is 13.6. The highest BCUT2D eigenvalue weighted by Crippen LogP contribution is 2.41. The summed E-state index contributed by atoms with van der Waals surface area (Å²) < 4.78 is 42.2. The second-order valence-corrected chi connectivity index (χ2v) is 9.00. The summed E-state index contributed by atoms with van der Waals surface area (Å²) in [6, 6.07) is 7.60. The molecule has 1 amide bonds. The number of carbonyl (C=O) groups excluding carboxylic acids is 1. The van der Waals surface area contributed by atoms with Crippen molar-refractivity contribution in [1.29, 1.82) is 0 Å². The number of aliphatic carboxylic acids is 1. The molecule has 0 radical (unpaired) electrons. The van der Waals surface area contributed by atoms with E-state index in [4.69, 9.17) is 11.6 Å². The first-order chi connectivity index (χ1) is 16.0. The Morgan fingerprint density at radius 1 is 1.21 bits per heavy atom. The maximum Gasteiger partial charge on any atom is 0.416 e. The number of aromatic nitrogens is 1. The van der Waals surface area contributed by atoms with E-state index in [1.54, 1.807) is 40.8 Å². The lowest BCUT2D eigenvalue weighted by Gasteiger charge is -2.23. The molecule has 1 fully saturated rings. The van der Waals surface area contributed by atoms with E-state index in [0.29, 0.717) is 39.2 Å². The molecule has 0 bridgehead atoms. The Balaban J connectivity index is 1.92. The van der Waals surface area contributed by atoms with Crippen LogP contribution in [0.1, 0.15) is 43.9 Å². The van der Waals surface area contributed by atoms with E-state index in [1.807, 2.05) is 0 Å². The summed E-state index contributed by atoms with van der Waals surface area (Å²) in [5.41, 5.74) is 1.07. The Labute approximate surface area is 199 Å². The molecule has 1 atom stereocenters. The van der Waals surface area contributed by atoms with E-state index in [0.717, 1.165) is 25.0 Å². The molecule has 1 N–H and O–H groups in total. The molecule has 180 valence electrons. The van der Waals surface area contributed by atoms with Crippen LogP contribution < -0.4 is 0 Å². The van der Waals surface area contributed by atoms with Crippen LogP contribution in [0.2, 0.25) is 5.02 Å². The monoisotopic (exact) mass is 492 g/mol. The zero-order valence-corrected chi connectivity index (χ0v) is 19.5. The van der Waals surface area contributed by atoms with E-state index >= 15 is 0 Å². The molecule has 1 unspecified atom stereocenters. The summed E-state index contributed by atoms with van der Waals surface area (Å²) in [5.74, 6) is -1.18. The highest BCUT2D eigenvalue weighted by atomic mass is 35.5. The van der Waals surface area contributed by atoms with Crippen LogP contribution >= 0.6 is 11.6 Å². The smallest absolute Gasteiger partial charge is 0.416 e. The number of benzene rings is 2. The lowest BCUT2D eigenvalue weighted by molar-refractivity contribution is -0.140. The molecule has 4 rings (SSSR count). The molecule has 3 aromatic rings. The molecular weight excluding hydrogens is 469 g/mol. The van der Waals surface area contributed by atoms with Crippen LogP contribution in [0.4, 0.5) is 13.2 Å². The number of hydrogen-bond donors (Lipinski definition) is 1. The zero-order valence-electron chi connectivity index (χ0n) is 18.7. The Morgan fingerprint density at radius 3 is 2.50 bits per heavy atom. The van der Waals surface area contributed by atoms with Gasteiger partial charge in [0, 0.05) is 36.2 Å². The number of nitrogens with zero attached hydrogens (tertiary/aromatic N) is 2. The van der Waals surface area contributed by atoms with Crippen molar-refractivity contribution in [2.45, 2.75) is 45.5 Å². The average Bonchev–Trinajstić information content (AvgIpc) is 3.56. The van der Waals surface area contributed by atoms with Gasteiger partial charge in [-0.3, -0.25) is 4.79 Å². The SMILES string of the molecule is CCN(Cc1cc(C(F)(F)F)ccc1-c1cn(C(C)C(=O)O)c2cccc(Cl)c12)C(=O)C1CC1. The summed E-state index contributed by atoms with van der Waals surface area (Å²) >= 11 is 6.49. The fourth-order valence-electron chi connectivity index (χ4n) is 4.21. The number of fused-ring (bicyclic) bond motifs is 1. The van der Waals surface area contributed by atoms with Crippen LogP contribution in [0.25, 0.3) is 22.0 Å². The van der Waals surface area contributed by atoms with Gasteiger partial charge in [-0.25, -0.2) is 4.79 Å². The fraction of sp³-hybridized carbons (Fsp3) is 0.360. The van der Waals surface area contributed by atoms with Gasteiger partial charge < -0.3 is 14.6 Å². The van der Waals surface area contributed by atoms with Gasteiger partial charge in [0.25, 0.3) is 0 Å². The summed E-state index contributed by atoms with van der Waals surface area (Å²) in [5, 5.41) is 10.5. The third kappa shape index (κ3) is 4.51. The Hall–Kier alpha value is -3.00. The average molecular weight is 493 g/mol. The molecule has 0 aliphatic heterocycles. The van der Waals surface area contributed by atoms with Crippen LogP contribution in [0, 0.1) is 5.92 Å².